The second-order valence-electron chi connectivity index (χ2n) is 3.42. The molecule has 0 saturated carbocycles. The topological polar surface area (TPSA) is 44.1 Å². The molecule has 0 saturated heterocycles. The van der Waals surface area contributed by atoms with Crippen LogP contribution in [0.25, 0.3) is 0 Å². The lowest BCUT2D eigenvalue weighted by atomic mass is 9.95. The zero-order valence-corrected chi connectivity index (χ0v) is 7.95. The van der Waals surface area contributed by atoms with Crippen LogP contribution in [0.15, 0.2) is 18.2 Å². The Bertz CT molecular complexity index is 431. The molecule has 0 unspecified atom stereocenters. The van der Waals surface area contributed by atoms with E-state index in [1.807, 2.05) is 0 Å². The number of rotatable bonds is 0. The Hall–Kier alpha value is -1.82. The monoisotopic (exact) mass is 186 g/mol. The molecule has 14 heavy (non-hydrogen) atoms. The van der Waals surface area contributed by atoms with E-state index in [9.17, 15) is 4.79 Å². The molecule has 0 fully saturated rings. The zero-order valence-electron chi connectivity index (χ0n) is 7.95. The third-order valence-electron chi connectivity index (χ3n) is 2.57. The Morgan fingerprint density at radius 1 is 1.50 bits per heavy atom. The lowest BCUT2D eigenvalue weighted by Crippen LogP contribution is -2.34. The number of likely N-dealkylation sites (N-methyl/N-ethyl adjacent to an activating group) is 1. The fourth-order valence-electron chi connectivity index (χ4n) is 1.75. The van der Waals surface area contributed by atoms with Gasteiger partial charge in [0.25, 0.3) is 5.91 Å². The van der Waals surface area contributed by atoms with Gasteiger partial charge < -0.3 is 4.90 Å². The van der Waals surface area contributed by atoms with Gasteiger partial charge in [-0.3, -0.25) is 4.79 Å². The summed E-state index contributed by atoms with van der Waals surface area (Å²) in [6, 6.07) is 7.43. The van der Waals surface area contributed by atoms with E-state index in [1.54, 1.807) is 30.1 Å². The summed E-state index contributed by atoms with van der Waals surface area (Å²) >= 11 is 0. The maximum Gasteiger partial charge on any atom is 0.253 e. The minimum atomic E-state index is 0.0170. The van der Waals surface area contributed by atoms with Crippen molar-refractivity contribution in [2.24, 2.45) is 0 Å². The quantitative estimate of drug-likeness (QED) is 0.610. The van der Waals surface area contributed by atoms with Gasteiger partial charge in [-0.1, -0.05) is 6.07 Å². The van der Waals surface area contributed by atoms with Gasteiger partial charge in [-0.25, -0.2) is 0 Å². The van der Waals surface area contributed by atoms with E-state index in [0.29, 0.717) is 17.7 Å². The molecule has 2 rings (SSSR count). The second-order valence-corrected chi connectivity index (χ2v) is 3.42. The normalized spacial score (nSPS) is 14.9. The average Bonchev–Trinajstić information content (AvgIpc) is 2.23. The molecule has 0 N–H and O–H groups in total. The van der Waals surface area contributed by atoms with E-state index >= 15 is 0 Å². The number of nitrogens with zero attached hydrogens (tertiary/aromatic N) is 2. The summed E-state index contributed by atoms with van der Waals surface area (Å²) in [6.07, 6.45) is 0.779. The van der Waals surface area contributed by atoms with Crippen molar-refractivity contribution in [3.63, 3.8) is 0 Å². The number of carbonyl (C=O) groups is 1. The summed E-state index contributed by atoms with van der Waals surface area (Å²) in [6.45, 7) is 0.699. The van der Waals surface area contributed by atoms with Gasteiger partial charge in [0.15, 0.2) is 0 Å². The van der Waals surface area contributed by atoms with Crippen LogP contribution in [0.5, 0.6) is 0 Å². The van der Waals surface area contributed by atoms with Crippen LogP contribution < -0.4 is 0 Å². The molecule has 1 heterocycles. The first-order valence-electron chi connectivity index (χ1n) is 4.51. The Morgan fingerprint density at radius 2 is 2.29 bits per heavy atom. The fraction of sp³-hybridized carbons (Fsp3) is 0.273. The number of fused-ring (bicyclic) bond motifs is 1. The third kappa shape index (κ3) is 1.16. The molecule has 0 atom stereocenters. The van der Waals surface area contributed by atoms with E-state index in [-0.39, 0.29) is 5.91 Å². The van der Waals surface area contributed by atoms with Gasteiger partial charge in [0.05, 0.1) is 11.6 Å². The van der Waals surface area contributed by atoms with Crippen molar-refractivity contribution in [1.82, 2.24) is 4.90 Å². The fourth-order valence-corrected chi connectivity index (χ4v) is 1.75. The lowest BCUT2D eigenvalue weighted by molar-refractivity contribution is 0.0781. The van der Waals surface area contributed by atoms with Gasteiger partial charge in [0, 0.05) is 19.2 Å². The Morgan fingerprint density at radius 3 is 3.00 bits per heavy atom. The molecule has 70 valence electrons. The highest BCUT2D eigenvalue weighted by Crippen LogP contribution is 2.20. The first-order valence-corrected chi connectivity index (χ1v) is 4.51. The van der Waals surface area contributed by atoms with Gasteiger partial charge in [0.2, 0.25) is 0 Å². The number of hydrogen-bond acceptors (Lipinski definition) is 2. The molecule has 0 aromatic heterocycles. The molecule has 1 amide bonds. The van der Waals surface area contributed by atoms with Crippen molar-refractivity contribution in [2.75, 3.05) is 13.6 Å². The highest BCUT2D eigenvalue weighted by Gasteiger charge is 2.22. The number of nitriles is 1. The highest BCUT2D eigenvalue weighted by atomic mass is 16.2. The van der Waals surface area contributed by atoms with Crippen molar-refractivity contribution in [2.45, 2.75) is 6.42 Å². The van der Waals surface area contributed by atoms with Gasteiger partial charge in [0.1, 0.15) is 0 Å². The van der Waals surface area contributed by atoms with Crippen molar-refractivity contribution in [3.8, 4) is 6.07 Å². The number of amides is 1. The highest BCUT2D eigenvalue weighted by molar-refractivity contribution is 5.97. The summed E-state index contributed by atoms with van der Waals surface area (Å²) in [4.78, 5) is 13.4. The van der Waals surface area contributed by atoms with Crippen molar-refractivity contribution >= 4 is 5.91 Å². The van der Waals surface area contributed by atoms with Crippen LogP contribution in [0.3, 0.4) is 0 Å². The Balaban J connectivity index is 2.59. The molecular formula is C11H10N2O. The summed E-state index contributed by atoms with van der Waals surface area (Å²) in [5.41, 5.74) is 2.21. The molecule has 1 aliphatic heterocycles. The average molecular weight is 186 g/mol. The summed E-state index contributed by atoms with van der Waals surface area (Å²) in [5, 5.41) is 8.87. The van der Waals surface area contributed by atoms with Crippen molar-refractivity contribution in [3.05, 3.63) is 34.9 Å². The zero-order chi connectivity index (χ0) is 10.1. The van der Waals surface area contributed by atoms with E-state index in [0.717, 1.165) is 12.0 Å². The van der Waals surface area contributed by atoms with Crippen LogP contribution in [0.4, 0.5) is 0 Å². The van der Waals surface area contributed by atoms with E-state index < -0.39 is 0 Å². The Labute approximate surface area is 82.6 Å². The van der Waals surface area contributed by atoms with Crippen LogP contribution in [0, 0.1) is 11.3 Å². The first-order chi connectivity index (χ1) is 6.74. The molecule has 3 heteroatoms. The molecule has 0 aliphatic carbocycles. The van der Waals surface area contributed by atoms with Gasteiger partial charge >= 0.3 is 0 Å². The van der Waals surface area contributed by atoms with Crippen molar-refractivity contribution < 1.29 is 4.79 Å². The van der Waals surface area contributed by atoms with Crippen LogP contribution in [-0.4, -0.2) is 24.4 Å². The maximum absolute atomic E-state index is 11.7. The largest absolute Gasteiger partial charge is 0.341 e. The molecule has 1 aliphatic rings. The maximum atomic E-state index is 11.7. The van der Waals surface area contributed by atoms with Crippen LogP contribution in [0.1, 0.15) is 21.5 Å². The SMILES string of the molecule is CN1CCc2c(C#N)cccc2C1=O. The van der Waals surface area contributed by atoms with Crippen LogP contribution in [0.2, 0.25) is 0 Å². The smallest absolute Gasteiger partial charge is 0.253 e. The summed E-state index contributed by atoms with van der Waals surface area (Å²) in [5.74, 6) is 0.0170. The summed E-state index contributed by atoms with van der Waals surface area (Å²) in [7, 11) is 1.78. The number of benzene rings is 1. The third-order valence-corrected chi connectivity index (χ3v) is 2.57. The van der Waals surface area contributed by atoms with E-state index in [2.05, 4.69) is 6.07 Å². The number of carbonyl (C=O) groups excluding carboxylic acids is 1. The molecule has 0 bridgehead atoms. The molecule has 1 aromatic rings. The van der Waals surface area contributed by atoms with E-state index in [4.69, 9.17) is 5.26 Å². The lowest BCUT2D eigenvalue weighted by Gasteiger charge is -2.25. The minimum Gasteiger partial charge on any atom is -0.341 e. The molecule has 3 nitrogen and oxygen atoms in total. The van der Waals surface area contributed by atoms with Crippen LogP contribution in [-0.2, 0) is 6.42 Å². The summed E-state index contributed by atoms with van der Waals surface area (Å²) < 4.78 is 0. The Kier molecular flexibility index (Phi) is 1.97. The predicted octanol–water partition coefficient (Wildman–Crippen LogP) is 1.19. The molecule has 0 spiro atoms. The van der Waals surface area contributed by atoms with E-state index in [1.165, 1.54) is 0 Å². The van der Waals surface area contributed by atoms with Gasteiger partial charge in [-0.05, 0) is 24.1 Å². The van der Waals surface area contributed by atoms with Crippen molar-refractivity contribution in [1.29, 1.82) is 5.26 Å². The van der Waals surface area contributed by atoms with Gasteiger partial charge in [-0.15, -0.1) is 0 Å². The predicted molar refractivity (Wildman–Crippen MR) is 51.8 cm³/mol. The molecular weight excluding hydrogens is 176 g/mol. The van der Waals surface area contributed by atoms with Crippen LogP contribution >= 0.6 is 0 Å². The second kappa shape index (κ2) is 3.15. The standard InChI is InChI=1S/C11H10N2O/c1-13-6-5-9-8(7-12)3-2-4-10(9)11(13)14/h2-4H,5-6H2,1H3. The molecule has 1 aromatic carbocycles. The molecule has 0 radical (unpaired) electrons. The minimum absolute atomic E-state index is 0.0170. The number of hydrogen-bond donors (Lipinski definition) is 0. The first kappa shape index (κ1) is 8.76. The van der Waals surface area contributed by atoms with Gasteiger partial charge in [-0.2, -0.15) is 5.26 Å².